The third-order valence-electron chi connectivity index (χ3n) is 2.22. The highest BCUT2D eigenvalue weighted by molar-refractivity contribution is 5.16. The minimum absolute atomic E-state index is 0.408. The van der Waals surface area contributed by atoms with E-state index in [4.69, 9.17) is 0 Å². The first kappa shape index (κ1) is 10.3. The topological polar surface area (TPSA) is 20.2 Å². The summed E-state index contributed by atoms with van der Waals surface area (Å²) in [6.07, 6.45) is 15.1. The van der Waals surface area contributed by atoms with Crippen LogP contribution in [-0.4, -0.2) is 11.2 Å². The Hall–Kier alpha value is -0.820. The van der Waals surface area contributed by atoms with Gasteiger partial charge in [0.05, 0.1) is 6.10 Å². The molecule has 0 amide bonds. The zero-order chi connectivity index (χ0) is 9.52. The highest BCUT2D eigenvalue weighted by atomic mass is 16.3. The molecule has 1 heteroatoms. The van der Waals surface area contributed by atoms with Crippen LogP contribution in [0.1, 0.15) is 26.2 Å². The number of allylic oxidation sites excluding steroid dienone is 4. The van der Waals surface area contributed by atoms with E-state index in [1.807, 2.05) is 18.2 Å². The predicted octanol–water partition coefficient (Wildman–Crippen LogP) is 2.84. The van der Waals surface area contributed by atoms with E-state index < -0.39 is 6.10 Å². The van der Waals surface area contributed by atoms with Crippen molar-refractivity contribution in [2.75, 3.05) is 0 Å². The van der Waals surface area contributed by atoms with Gasteiger partial charge in [0.1, 0.15) is 0 Å². The van der Waals surface area contributed by atoms with E-state index >= 15 is 0 Å². The van der Waals surface area contributed by atoms with Crippen molar-refractivity contribution in [3.63, 3.8) is 0 Å². The number of hydrogen-bond donors (Lipinski definition) is 1. The maximum atomic E-state index is 9.35. The van der Waals surface area contributed by atoms with Crippen molar-refractivity contribution in [2.24, 2.45) is 5.92 Å². The summed E-state index contributed by atoms with van der Waals surface area (Å²) in [5, 5.41) is 9.35. The van der Waals surface area contributed by atoms with Gasteiger partial charge in [-0.3, -0.25) is 0 Å². The summed E-state index contributed by atoms with van der Waals surface area (Å²) in [5.74, 6) is 0.500. The van der Waals surface area contributed by atoms with E-state index in [0.29, 0.717) is 5.92 Å². The fourth-order valence-corrected chi connectivity index (χ4v) is 1.40. The summed E-state index contributed by atoms with van der Waals surface area (Å²) in [5.41, 5.74) is 0. The first-order valence-electron chi connectivity index (χ1n) is 5.04. The van der Waals surface area contributed by atoms with E-state index in [2.05, 4.69) is 19.1 Å². The highest BCUT2D eigenvalue weighted by Gasteiger charge is 2.01. The molecular weight excluding hydrogens is 160 g/mol. The number of aliphatic hydroxyl groups is 1. The van der Waals surface area contributed by atoms with Crippen LogP contribution in [0.3, 0.4) is 0 Å². The molecule has 0 aliphatic heterocycles. The predicted molar refractivity (Wildman–Crippen MR) is 56.4 cm³/mol. The molecule has 1 nitrogen and oxygen atoms in total. The molecule has 0 fully saturated rings. The molecule has 0 radical (unpaired) electrons. The van der Waals surface area contributed by atoms with Crippen molar-refractivity contribution in [3.05, 3.63) is 36.5 Å². The van der Waals surface area contributed by atoms with Gasteiger partial charge in [0.25, 0.3) is 0 Å². The van der Waals surface area contributed by atoms with Crippen LogP contribution in [0.2, 0.25) is 0 Å². The molecule has 0 unspecified atom stereocenters. The average Bonchev–Trinajstić information content (AvgIpc) is 2.11. The van der Waals surface area contributed by atoms with Gasteiger partial charge in [0, 0.05) is 0 Å². The van der Waals surface area contributed by atoms with Crippen molar-refractivity contribution in [1.29, 1.82) is 0 Å². The van der Waals surface area contributed by atoms with Crippen LogP contribution in [-0.2, 0) is 0 Å². The largest absolute Gasteiger partial charge is 0.385 e. The summed E-state index contributed by atoms with van der Waals surface area (Å²) in [7, 11) is 0. The normalized spacial score (nSPS) is 29.7. The van der Waals surface area contributed by atoms with Crippen LogP contribution in [0.4, 0.5) is 0 Å². The Balaban J connectivity index is 2.50. The molecule has 0 saturated carbocycles. The summed E-state index contributed by atoms with van der Waals surface area (Å²) in [6, 6.07) is 0. The van der Waals surface area contributed by atoms with Crippen molar-refractivity contribution in [2.45, 2.75) is 32.3 Å². The zero-order valence-electron chi connectivity index (χ0n) is 8.19. The number of hydrogen-bond acceptors (Lipinski definition) is 1. The van der Waals surface area contributed by atoms with Crippen LogP contribution in [0.5, 0.6) is 0 Å². The second-order valence-electron chi connectivity index (χ2n) is 3.45. The third kappa shape index (κ3) is 4.09. The minimum Gasteiger partial charge on any atom is -0.385 e. The maximum absolute atomic E-state index is 9.35. The van der Waals surface area contributed by atoms with E-state index in [9.17, 15) is 5.11 Å². The lowest BCUT2D eigenvalue weighted by Crippen LogP contribution is -2.00. The standard InChI is InChI=1S/C12H18O/c1-2-3-6-11-7-4-5-8-12(13)10-9-11/h4-5,7-13H,2-3,6H2,1H3/b7-4-,8-5?,10-9?/t11-,12-/m0/s1. The van der Waals surface area contributed by atoms with E-state index in [1.54, 1.807) is 6.08 Å². The molecule has 0 heterocycles. The van der Waals surface area contributed by atoms with Gasteiger partial charge in [-0.2, -0.15) is 0 Å². The second kappa shape index (κ2) is 5.76. The number of aliphatic hydroxyl groups excluding tert-OH is 1. The SMILES string of the molecule is CCCC[C@@H]1C=C[C@@H](O)C=C/C=C\1. The lowest BCUT2D eigenvalue weighted by Gasteiger charge is -2.08. The Morgan fingerprint density at radius 2 is 1.85 bits per heavy atom. The van der Waals surface area contributed by atoms with Crippen molar-refractivity contribution < 1.29 is 5.11 Å². The molecule has 0 aromatic carbocycles. The van der Waals surface area contributed by atoms with Crippen LogP contribution in [0.15, 0.2) is 36.5 Å². The van der Waals surface area contributed by atoms with Gasteiger partial charge in [-0.05, 0) is 12.3 Å². The van der Waals surface area contributed by atoms with Gasteiger partial charge < -0.3 is 5.11 Å². The van der Waals surface area contributed by atoms with Crippen LogP contribution in [0.25, 0.3) is 0 Å². The fourth-order valence-electron chi connectivity index (χ4n) is 1.40. The quantitative estimate of drug-likeness (QED) is 0.659. The van der Waals surface area contributed by atoms with Crippen molar-refractivity contribution in [3.8, 4) is 0 Å². The zero-order valence-corrected chi connectivity index (χ0v) is 8.19. The molecule has 1 aliphatic carbocycles. The minimum atomic E-state index is -0.408. The molecule has 0 saturated heterocycles. The Morgan fingerprint density at radius 1 is 1.08 bits per heavy atom. The molecule has 0 bridgehead atoms. The summed E-state index contributed by atoms with van der Waals surface area (Å²) >= 11 is 0. The smallest absolute Gasteiger partial charge is 0.0905 e. The van der Waals surface area contributed by atoms with Gasteiger partial charge in [-0.25, -0.2) is 0 Å². The average molecular weight is 178 g/mol. The molecule has 13 heavy (non-hydrogen) atoms. The molecule has 1 N–H and O–H groups in total. The molecule has 0 aromatic rings. The lowest BCUT2D eigenvalue weighted by atomic mass is 9.99. The molecular formula is C12H18O. The van der Waals surface area contributed by atoms with Crippen LogP contribution in [0, 0.1) is 5.92 Å². The van der Waals surface area contributed by atoms with Crippen molar-refractivity contribution in [1.82, 2.24) is 0 Å². The molecule has 2 atom stereocenters. The lowest BCUT2D eigenvalue weighted by molar-refractivity contribution is 0.270. The number of rotatable bonds is 3. The maximum Gasteiger partial charge on any atom is 0.0905 e. The first-order valence-corrected chi connectivity index (χ1v) is 5.04. The van der Waals surface area contributed by atoms with E-state index in [-0.39, 0.29) is 0 Å². The summed E-state index contributed by atoms with van der Waals surface area (Å²) < 4.78 is 0. The molecule has 1 aliphatic rings. The summed E-state index contributed by atoms with van der Waals surface area (Å²) in [6.45, 7) is 2.20. The second-order valence-corrected chi connectivity index (χ2v) is 3.45. The fraction of sp³-hybridized carbons (Fsp3) is 0.500. The van der Waals surface area contributed by atoms with Crippen molar-refractivity contribution >= 4 is 0 Å². The summed E-state index contributed by atoms with van der Waals surface area (Å²) in [4.78, 5) is 0. The van der Waals surface area contributed by atoms with E-state index in [1.165, 1.54) is 19.3 Å². The molecule has 0 spiro atoms. The van der Waals surface area contributed by atoms with E-state index in [0.717, 1.165) is 0 Å². The Bertz CT molecular complexity index is 213. The van der Waals surface area contributed by atoms with Gasteiger partial charge in [0.2, 0.25) is 0 Å². The van der Waals surface area contributed by atoms with Gasteiger partial charge in [0.15, 0.2) is 0 Å². The third-order valence-corrected chi connectivity index (χ3v) is 2.22. The monoisotopic (exact) mass is 178 g/mol. The number of unbranched alkanes of at least 4 members (excludes halogenated alkanes) is 1. The van der Waals surface area contributed by atoms with Gasteiger partial charge >= 0.3 is 0 Å². The first-order chi connectivity index (χ1) is 6.33. The molecule has 1 rings (SSSR count). The van der Waals surface area contributed by atoms with Gasteiger partial charge in [-0.1, -0.05) is 56.2 Å². The van der Waals surface area contributed by atoms with Gasteiger partial charge in [-0.15, -0.1) is 0 Å². The molecule has 0 aromatic heterocycles. The highest BCUT2D eigenvalue weighted by Crippen LogP contribution is 2.13. The van der Waals surface area contributed by atoms with Crippen LogP contribution < -0.4 is 0 Å². The Kier molecular flexibility index (Phi) is 4.55. The Morgan fingerprint density at radius 3 is 2.62 bits per heavy atom. The molecule has 72 valence electrons. The van der Waals surface area contributed by atoms with Crippen LogP contribution >= 0.6 is 0 Å². The Labute approximate surface area is 80.5 Å².